The first-order valence-electron chi connectivity index (χ1n) is 10.7. The fraction of sp³-hybridized carbons (Fsp3) is 0.455. The second kappa shape index (κ2) is 11.1. The van der Waals surface area contributed by atoms with Gasteiger partial charge in [-0.2, -0.15) is 0 Å². The number of aromatic nitrogens is 3. The van der Waals surface area contributed by atoms with Crippen LogP contribution in [0.2, 0.25) is 0 Å². The van der Waals surface area contributed by atoms with E-state index in [4.69, 9.17) is 0 Å². The van der Waals surface area contributed by atoms with Crippen LogP contribution in [0, 0.1) is 5.82 Å². The second-order valence-corrected chi connectivity index (χ2v) is 8.05. The maximum Gasteiger partial charge on any atom is 0.271 e. The van der Waals surface area contributed by atoms with E-state index in [9.17, 15) is 9.18 Å². The largest absolute Gasteiger partial charge is 0.349 e. The molecule has 31 heavy (non-hydrogen) atoms. The molecule has 0 aromatic carbocycles. The van der Waals surface area contributed by atoms with E-state index in [0.717, 1.165) is 30.5 Å². The summed E-state index contributed by atoms with van der Waals surface area (Å²) in [6.07, 6.45) is 5.21. The Balaban J connectivity index is 0.00000132. The summed E-state index contributed by atoms with van der Waals surface area (Å²) in [4.78, 5) is 28.0. The number of anilines is 1. The molecule has 9 heteroatoms. The van der Waals surface area contributed by atoms with Crippen LogP contribution < -0.4 is 10.6 Å². The van der Waals surface area contributed by atoms with Crippen molar-refractivity contribution in [3.8, 4) is 0 Å². The molecule has 0 bridgehead atoms. The Morgan fingerprint density at radius 2 is 2.03 bits per heavy atom. The monoisotopic (exact) mass is 444 g/mol. The molecule has 1 saturated heterocycles. The van der Waals surface area contributed by atoms with E-state index in [0.29, 0.717) is 29.3 Å². The second-order valence-electron chi connectivity index (χ2n) is 7.14. The molecule has 0 aliphatic carbocycles. The number of amides is 1. The van der Waals surface area contributed by atoms with Gasteiger partial charge in [-0.3, -0.25) is 9.78 Å². The molecule has 1 fully saturated rings. The summed E-state index contributed by atoms with van der Waals surface area (Å²) in [6, 6.07) is 3.02. The predicted molar refractivity (Wildman–Crippen MR) is 123 cm³/mol. The quantitative estimate of drug-likeness (QED) is 0.567. The predicted octanol–water partition coefficient (Wildman–Crippen LogP) is 4.25. The van der Waals surface area contributed by atoms with Crippen molar-refractivity contribution in [3.05, 3.63) is 47.0 Å². The molecule has 4 rings (SSSR count). The lowest BCUT2D eigenvalue weighted by Crippen LogP contribution is -2.34. The van der Waals surface area contributed by atoms with Crippen LogP contribution in [0.1, 0.15) is 55.7 Å². The van der Waals surface area contributed by atoms with E-state index >= 15 is 0 Å². The molecule has 2 N–H and O–H groups in total. The SMILES string of the molecule is CC.CC(Nc1nc(C(=O)NCCN2CCCC2)c2sccc2n1)c1cncc(F)c1. The van der Waals surface area contributed by atoms with Gasteiger partial charge in [0.1, 0.15) is 5.82 Å². The molecule has 1 atom stereocenters. The number of hydrogen-bond acceptors (Lipinski definition) is 7. The van der Waals surface area contributed by atoms with Gasteiger partial charge < -0.3 is 15.5 Å². The molecule has 4 heterocycles. The Kier molecular flexibility index (Phi) is 8.25. The molecule has 0 saturated carbocycles. The highest BCUT2D eigenvalue weighted by Crippen LogP contribution is 2.25. The minimum atomic E-state index is -0.400. The van der Waals surface area contributed by atoms with E-state index in [-0.39, 0.29) is 11.9 Å². The average Bonchev–Trinajstić information content (AvgIpc) is 3.46. The van der Waals surface area contributed by atoms with Gasteiger partial charge in [-0.25, -0.2) is 14.4 Å². The highest BCUT2D eigenvalue weighted by atomic mass is 32.1. The Morgan fingerprint density at radius 3 is 2.77 bits per heavy atom. The Morgan fingerprint density at radius 1 is 1.26 bits per heavy atom. The van der Waals surface area contributed by atoms with E-state index < -0.39 is 5.82 Å². The lowest BCUT2D eigenvalue weighted by molar-refractivity contribution is 0.0947. The highest BCUT2D eigenvalue weighted by Gasteiger charge is 2.18. The first-order valence-corrected chi connectivity index (χ1v) is 11.6. The zero-order chi connectivity index (χ0) is 22.2. The van der Waals surface area contributed by atoms with Crippen molar-refractivity contribution in [1.29, 1.82) is 0 Å². The summed E-state index contributed by atoms with van der Waals surface area (Å²) in [5, 5.41) is 8.02. The Hall–Kier alpha value is -2.65. The van der Waals surface area contributed by atoms with Gasteiger partial charge in [0.2, 0.25) is 5.95 Å². The maximum absolute atomic E-state index is 13.5. The van der Waals surface area contributed by atoms with Crippen LogP contribution in [0.15, 0.2) is 29.9 Å². The third kappa shape index (κ3) is 5.95. The van der Waals surface area contributed by atoms with Gasteiger partial charge in [-0.15, -0.1) is 11.3 Å². The molecule has 166 valence electrons. The molecule has 0 radical (unpaired) electrons. The lowest BCUT2D eigenvalue weighted by Gasteiger charge is -2.16. The fourth-order valence-electron chi connectivity index (χ4n) is 3.44. The number of halogens is 1. The standard InChI is InChI=1S/C20H23FN6OS.C2H6/c1-13(14-10-15(21)12-22-11-14)24-20-25-16-4-9-29-18(16)17(26-20)19(28)23-5-8-27-6-2-3-7-27;1-2/h4,9-13H,2-3,5-8H2,1H3,(H,23,28)(H,24,25,26);1-2H3. The van der Waals surface area contributed by atoms with E-state index in [1.54, 1.807) is 6.20 Å². The third-order valence-electron chi connectivity index (χ3n) is 5.00. The summed E-state index contributed by atoms with van der Waals surface area (Å²) < 4.78 is 14.2. The number of fused-ring (bicyclic) bond motifs is 1. The van der Waals surface area contributed by atoms with Gasteiger partial charge in [-0.1, -0.05) is 13.8 Å². The van der Waals surface area contributed by atoms with Crippen molar-refractivity contribution in [3.63, 3.8) is 0 Å². The van der Waals surface area contributed by atoms with Crippen molar-refractivity contribution >= 4 is 33.4 Å². The first kappa shape index (κ1) is 23.0. The fourth-order valence-corrected chi connectivity index (χ4v) is 4.26. The first-order chi connectivity index (χ1) is 15.1. The number of hydrogen-bond donors (Lipinski definition) is 2. The average molecular weight is 445 g/mol. The Bertz CT molecular complexity index is 1000. The minimum Gasteiger partial charge on any atom is -0.349 e. The molecule has 1 aliphatic rings. The Labute approximate surface area is 186 Å². The van der Waals surface area contributed by atoms with Gasteiger partial charge in [0.25, 0.3) is 5.91 Å². The molecule has 1 unspecified atom stereocenters. The number of thiophene rings is 1. The summed E-state index contributed by atoms with van der Waals surface area (Å²) in [7, 11) is 0. The van der Waals surface area contributed by atoms with Crippen molar-refractivity contribution in [2.24, 2.45) is 0 Å². The molecule has 1 aliphatic heterocycles. The van der Waals surface area contributed by atoms with Gasteiger partial charge >= 0.3 is 0 Å². The van der Waals surface area contributed by atoms with Crippen molar-refractivity contribution < 1.29 is 9.18 Å². The zero-order valence-electron chi connectivity index (χ0n) is 18.2. The molecular formula is C22H29FN6OS. The topological polar surface area (TPSA) is 83.0 Å². The number of carbonyl (C=O) groups excluding carboxylic acids is 1. The number of rotatable bonds is 7. The number of carbonyl (C=O) groups is 1. The summed E-state index contributed by atoms with van der Waals surface area (Å²) >= 11 is 1.44. The van der Waals surface area contributed by atoms with E-state index in [1.165, 1.54) is 30.2 Å². The maximum atomic E-state index is 13.5. The van der Waals surface area contributed by atoms with E-state index in [2.05, 4.69) is 30.5 Å². The highest BCUT2D eigenvalue weighted by molar-refractivity contribution is 7.17. The summed E-state index contributed by atoms with van der Waals surface area (Å²) in [5.74, 6) is -0.275. The summed E-state index contributed by atoms with van der Waals surface area (Å²) in [5.41, 5.74) is 1.75. The smallest absolute Gasteiger partial charge is 0.271 e. The van der Waals surface area contributed by atoms with Crippen LogP contribution in [-0.4, -0.2) is 51.9 Å². The van der Waals surface area contributed by atoms with Crippen molar-refractivity contribution in [1.82, 2.24) is 25.2 Å². The normalized spacial score (nSPS) is 14.7. The number of likely N-dealkylation sites (tertiary alicyclic amines) is 1. The van der Waals surface area contributed by atoms with Crippen LogP contribution in [-0.2, 0) is 0 Å². The van der Waals surface area contributed by atoms with Crippen molar-refractivity contribution in [2.75, 3.05) is 31.5 Å². The zero-order valence-corrected chi connectivity index (χ0v) is 19.0. The molecule has 3 aromatic rings. The van der Waals surface area contributed by atoms with Gasteiger partial charge in [0.05, 0.1) is 22.5 Å². The number of nitrogens with one attached hydrogen (secondary N) is 2. The number of nitrogens with zero attached hydrogens (tertiary/aromatic N) is 4. The van der Waals surface area contributed by atoms with Crippen LogP contribution in [0.25, 0.3) is 10.2 Å². The van der Waals surface area contributed by atoms with Gasteiger partial charge in [0.15, 0.2) is 5.69 Å². The van der Waals surface area contributed by atoms with Gasteiger partial charge in [-0.05, 0) is 55.9 Å². The molecule has 3 aromatic heterocycles. The lowest BCUT2D eigenvalue weighted by atomic mass is 10.1. The molecular weight excluding hydrogens is 415 g/mol. The summed E-state index contributed by atoms with van der Waals surface area (Å²) in [6.45, 7) is 9.50. The molecule has 7 nitrogen and oxygen atoms in total. The minimum absolute atomic E-state index is 0.206. The van der Waals surface area contributed by atoms with Crippen LogP contribution in [0.4, 0.5) is 10.3 Å². The van der Waals surface area contributed by atoms with E-state index in [1.807, 2.05) is 32.2 Å². The van der Waals surface area contributed by atoms with Gasteiger partial charge in [0, 0.05) is 19.3 Å². The van der Waals surface area contributed by atoms with Crippen LogP contribution in [0.5, 0.6) is 0 Å². The molecule has 0 spiro atoms. The van der Waals surface area contributed by atoms with Crippen LogP contribution >= 0.6 is 11.3 Å². The molecule has 1 amide bonds. The number of pyridine rings is 1. The van der Waals surface area contributed by atoms with Crippen LogP contribution in [0.3, 0.4) is 0 Å². The third-order valence-corrected chi connectivity index (χ3v) is 5.91. The van der Waals surface area contributed by atoms with Crippen molar-refractivity contribution in [2.45, 2.75) is 39.7 Å².